The van der Waals surface area contributed by atoms with E-state index >= 15 is 0 Å². The van der Waals surface area contributed by atoms with Crippen LogP contribution < -0.4 is 0 Å². The van der Waals surface area contributed by atoms with Crippen LogP contribution in [0.25, 0.3) is 0 Å². The number of hydrogen-bond acceptors (Lipinski definition) is 2. The van der Waals surface area contributed by atoms with Crippen LogP contribution in [0.5, 0.6) is 0 Å². The lowest BCUT2D eigenvalue weighted by molar-refractivity contribution is -0.137. The molecule has 3 rings (SSSR count). The van der Waals surface area contributed by atoms with Crippen molar-refractivity contribution in [3.05, 3.63) is 70.8 Å². The summed E-state index contributed by atoms with van der Waals surface area (Å²) in [6, 6.07) is 12.7. The highest BCUT2D eigenvalue weighted by Gasteiger charge is 2.30. The molecule has 0 saturated carbocycles. The third kappa shape index (κ3) is 4.23. The fourth-order valence-corrected chi connectivity index (χ4v) is 4.48. The van der Waals surface area contributed by atoms with Crippen LogP contribution >= 0.6 is 11.8 Å². The summed E-state index contributed by atoms with van der Waals surface area (Å²) < 4.78 is 38.0. The molecule has 0 bridgehead atoms. The minimum atomic E-state index is -4.39. The number of hydrogen-bond donors (Lipinski definition) is 0. The molecule has 0 unspecified atom stereocenters. The highest BCUT2D eigenvalue weighted by molar-refractivity contribution is 7.99. The summed E-state index contributed by atoms with van der Waals surface area (Å²) in [5, 5.41) is 0.335. The van der Waals surface area contributed by atoms with Crippen LogP contribution in [0.2, 0.25) is 0 Å². The molecule has 0 aromatic heterocycles. The summed E-state index contributed by atoms with van der Waals surface area (Å²) in [6.07, 6.45) is -3.55. The number of rotatable bonds is 2. The number of benzene rings is 2. The zero-order chi connectivity index (χ0) is 18.7. The van der Waals surface area contributed by atoms with E-state index in [4.69, 9.17) is 0 Å². The second-order valence-electron chi connectivity index (χ2n) is 6.37. The first-order chi connectivity index (χ1) is 12.4. The summed E-state index contributed by atoms with van der Waals surface area (Å²) in [5.41, 5.74) is 2.10. The van der Waals surface area contributed by atoms with Crippen molar-refractivity contribution in [3.8, 4) is 0 Å². The van der Waals surface area contributed by atoms with Crippen molar-refractivity contribution in [2.24, 2.45) is 0 Å². The molecule has 2 aromatic carbocycles. The molecule has 2 aromatic rings. The quantitative estimate of drug-likeness (QED) is 0.703. The molecule has 6 heteroatoms. The van der Waals surface area contributed by atoms with Gasteiger partial charge in [-0.25, -0.2) is 0 Å². The second-order valence-corrected chi connectivity index (χ2v) is 7.68. The minimum Gasteiger partial charge on any atom is -0.338 e. The number of alkyl halides is 3. The summed E-state index contributed by atoms with van der Waals surface area (Å²) in [5.74, 6) is 0.607. The van der Waals surface area contributed by atoms with E-state index in [1.807, 2.05) is 23.9 Å². The number of halogens is 3. The second kappa shape index (κ2) is 7.74. The highest BCUT2D eigenvalue weighted by Crippen LogP contribution is 2.36. The molecular weight excluding hydrogens is 359 g/mol. The van der Waals surface area contributed by atoms with Crippen LogP contribution in [-0.2, 0) is 6.18 Å². The molecule has 0 aliphatic carbocycles. The lowest BCUT2D eigenvalue weighted by Gasteiger charge is -2.21. The average Bonchev–Trinajstić information content (AvgIpc) is 2.87. The molecule has 0 spiro atoms. The Balaban J connectivity index is 1.69. The predicted molar refractivity (Wildman–Crippen MR) is 98.3 cm³/mol. The topological polar surface area (TPSA) is 20.3 Å². The number of carbonyl (C=O) groups is 1. The maximum absolute atomic E-state index is 12.7. The van der Waals surface area contributed by atoms with E-state index in [9.17, 15) is 18.0 Å². The van der Waals surface area contributed by atoms with Gasteiger partial charge in [0.1, 0.15) is 0 Å². The number of amides is 1. The summed E-state index contributed by atoms with van der Waals surface area (Å²) in [6.45, 7) is 3.30. The van der Waals surface area contributed by atoms with E-state index < -0.39 is 11.7 Å². The van der Waals surface area contributed by atoms with Gasteiger partial charge in [0.15, 0.2) is 0 Å². The van der Waals surface area contributed by atoms with Gasteiger partial charge in [-0.1, -0.05) is 24.3 Å². The first-order valence-electron chi connectivity index (χ1n) is 8.50. The Labute approximate surface area is 155 Å². The van der Waals surface area contributed by atoms with Crippen molar-refractivity contribution < 1.29 is 18.0 Å². The lowest BCUT2D eigenvalue weighted by atomic mass is 10.0. The molecule has 1 fully saturated rings. The zero-order valence-electron chi connectivity index (χ0n) is 14.4. The molecule has 1 atom stereocenters. The number of thioether (sulfide) groups is 1. The van der Waals surface area contributed by atoms with Crippen molar-refractivity contribution in [3.63, 3.8) is 0 Å². The van der Waals surface area contributed by atoms with Gasteiger partial charge in [-0.3, -0.25) is 4.79 Å². The van der Waals surface area contributed by atoms with Crippen LogP contribution in [0.1, 0.15) is 38.7 Å². The van der Waals surface area contributed by atoms with Crippen LogP contribution in [0, 0.1) is 6.92 Å². The predicted octanol–water partition coefficient (Wildman–Crippen LogP) is 5.33. The van der Waals surface area contributed by atoms with Crippen LogP contribution in [-0.4, -0.2) is 29.6 Å². The Morgan fingerprint density at radius 2 is 1.77 bits per heavy atom. The molecule has 138 valence electrons. The van der Waals surface area contributed by atoms with Gasteiger partial charge in [-0.05, 0) is 48.7 Å². The Kier molecular flexibility index (Phi) is 5.61. The van der Waals surface area contributed by atoms with E-state index in [-0.39, 0.29) is 5.91 Å². The number of aryl methyl sites for hydroxylation is 1. The number of nitrogens with zero attached hydrogens (tertiary/aromatic N) is 1. The Morgan fingerprint density at radius 3 is 2.42 bits per heavy atom. The largest absolute Gasteiger partial charge is 0.416 e. The smallest absolute Gasteiger partial charge is 0.338 e. The van der Waals surface area contributed by atoms with Crippen molar-refractivity contribution >= 4 is 17.7 Å². The van der Waals surface area contributed by atoms with E-state index in [0.717, 1.165) is 24.3 Å². The Hall–Kier alpha value is -1.95. The Bertz CT molecular complexity index is 773. The van der Waals surface area contributed by atoms with Gasteiger partial charge in [0.25, 0.3) is 5.91 Å². The van der Waals surface area contributed by atoms with Crippen LogP contribution in [0.4, 0.5) is 13.2 Å². The van der Waals surface area contributed by atoms with Gasteiger partial charge in [-0.15, -0.1) is 0 Å². The number of carbonyl (C=O) groups excluding carboxylic acids is 1. The molecule has 0 radical (unpaired) electrons. The van der Waals surface area contributed by atoms with Crippen molar-refractivity contribution in [1.82, 2.24) is 4.90 Å². The fourth-order valence-electron chi connectivity index (χ4n) is 3.15. The standard InChI is InChI=1S/C20H20F3NOS/c1-14-4-2-3-5-17(14)18-10-11-24(12-13-26-18)19(25)15-6-8-16(9-7-15)20(21,22)23/h2-9,18H,10-13H2,1H3/t18-/m1/s1. The van der Waals surface area contributed by atoms with E-state index in [0.29, 0.717) is 23.9 Å². The van der Waals surface area contributed by atoms with Gasteiger partial charge >= 0.3 is 6.18 Å². The van der Waals surface area contributed by atoms with Crippen molar-refractivity contribution in [1.29, 1.82) is 0 Å². The highest BCUT2D eigenvalue weighted by atomic mass is 32.2. The van der Waals surface area contributed by atoms with Gasteiger partial charge in [-0.2, -0.15) is 24.9 Å². The maximum atomic E-state index is 12.7. The van der Waals surface area contributed by atoms with Crippen LogP contribution in [0.15, 0.2) is 48.5 Å². The van der Waals surface area contributed by atoms with Crippen LogP contribution in [0.3, 0.4) is 0 Å². The molecule has 26 heavy (non-hydrogen) atoms. The van der Waals surface area contributed by atoms with E-state index in [2.05, 4.69) is 19.1 Å². The summed E-state index contributed by atoms with van der Waals surface area (Å²) >= 11 is 1.83. The molecule has 1 heterocycles. The molecule has 1 aliphatic rings. The molecule has 1 saturated heterocycles. The monoisotopic (exact) mass is 379 g/mol. The first kappa shape index (κ1) is 18.8. The summed E-state index contributed by atoms with van der Waals surface area (Å²) in [7, 11) is 0. The average molecular weight is 379 g/mol. The van der Waals surface area contributed by atoms with Gasteiger partial charge in [0.2, 0.25) is 0 Å². The third-order valence-corrected chi connectivity index (χ3v) is 5.93. The van der Waals surface area contributed by atoms with Gasteiger partial charge < -0.3 is 4.90 Å². The zero-order valence-corrected chi connectivity index (χ0v) is 15.2. The van der Waals surface area contributed by atoms with Gasteiger partial charge in [0, 0.05) is 29.7 Å². The van der Waals surface area contributed by atoms with Crippen molar-refractivity contribution in [2.75, 3.05) is 18.8 Å². The Morgan fingerprint density at radius 1 is 1.08 bits per heavy atom. The molecule has 1 aliphatic heterocycles. The SMILES string of the molecule is Cc1ccccc1[C@H]1CCN(C(=O)c2ccc(C(F)(F)F)cc2)CCS1. The summed E-state index contributed by atoms with van der Waals surface area (Å²) in [4.78, 5) is 14.4. The van der Waals surface area contributed by atoms with Gasteiger partial charge in [0.05, 0.1) is 5.56 Å². The molecule has 2 nitrogen and oxygen atoms in total. The van der Waals surface area contributed by atoms with E-state index in [1.54, 1.807) is 4.90 Å². The maximum Gasteiger partial charge on any atom is 0.416 e. The molecule has 1 amide bonds. The normalized spacial score (nSPS) is 18.5. The van der Waals surface area contributed by atoms with E-state index in [1.165, 1.54) is 23.3 Å². The minimum absolute atomic E-state index is 0.204. The lowest BCUT2D eigenvalue weighted by Crippen LogP contribution is -2.33. The molecule has 0 N–H and O–H groups in total. The molecular formula is C20H20F3NOS. The van der Waals surface area contributed by atoms with Crippen molar-refractivity contribution in [2.45, 2.75) is 24.8 Å². The fraction of sp³-hybridized carbons (Fsp3) is 0.350. The third-order valence-electron chi connectivity index (χ3n) is 4.62. The first-order valence-corrected chi connectivity index (χ1v) is 9.55.